The fraction of sp³-hybridized carbons (Fsp3) is 0.267. The number of benzene rings is 1. The SMILES string of the molecule is N#Cc1ccnc(N2CCN(c3cccc(Br)c3)CC2)n1. The summed E-state index contributed by atoms with van der Waals surface area (Å²) < 4.78 is 1.09. The molecule has 21 heavy (non-hydrogen) atoms. The highest BCUT2D eigenvalue weighted by atomic mass is 79.9. The van der Waals surface area contributed by atoms with Crippen LogP contribution in [0.25, 0.3) is 0 Å². The molecule has 1 fully saturated rings. The molecule has 0 unspecified atom stereocenters. The van der Waals surface area contributed by atoms with Crippen molar-refractivity contribution in [3.8, 4) is 6.07 Å². The van der Waals surface area contributed by atoms with Crippen LogP contribution in [0.4, 0.5) is 11.6 Å². The van der Waals surface area contributed by atoms with Crippen LogP contribution in [0, 0.1) is 11.3 Å². The van der Waals surface area contributed by atoms with Crippen LogP contribution in [0.15, 0.2) is 41.0 Å². The number of hydrogen-bond acceptors (Lipinski definition) is 5. The zero-order valence-electron chi connectivity index (χ0n) is 11.4. The third kappa shape index (κ3) is 3.14. The first-order valence-electron chi connectivity index (χ1n) is 6.75. The number of rotatable bonds is 2. The number of anilines is 2. The topological polar surface area (TPSA) is 56.1 Å². The number of halogens is 1. The molecule has 2 heterocycles. The van der Waals surface area contributed by atoms with Gasteiger partial charge in [-0.1, -0.05) is 22.0 Å². The summed E-state index contributed by atoms with van der Waals surface area (Å²) in [6, 6.07) is 12.0. The highest BCUT2D eigenvalue weighted by molar-refractivity contribution is 9.10. The fourth-order valence-corrected chi connectivity index (χ4v) is 2.79. The predicted octanol–water partition coefficient (Wildman–Crippen LogP) is 2.44. The molecule has 0 spiro atoms. The second kappa shape index (κ2) is 6.10. The van der Waals surface area contributed by atoms with Gasteiger partial charge in [-0.3, -0.25) is 0 Å². The van der Waals surface area contributed by atoms with E-state index in [4.69, 9.17) is 5.26 Å². The van der Waals surface area contributed by atoms with E-state index < -0.39 is 0 Å². The lowest BCUT2D eigenvalue weighted by Gasteiger charge is -2.36. The molecule has 1 aromatic carbocycles. The minimum Gasteiger partial charge on any atom is -0.368 e. The van der Waals surface area contributed by atoms with Crippen molar-refractivity contribution in [2.45, 2.75) is 0 Å². The van der Waals surface area contributed by atoms with E-state index in [1.54, 1.807) is 12.3 Å². The Morgan fingerprint density at radius 2 is 1.86 bits per heavy atom. The van der Waals surface area contributed by atoms with E-state index in [-0.39, 0.29) is 0 Å². The highest BCUT2D eigenvalue weighted by Gasteiger charge is 2.19. The molecule has 1 aromatic heterocycles. The summed E-state index contributed by atoms with van der Waals surface area (Å²) in [6.07, 6.45) is 1.64. The molecule has 1 aliphatic heterocycles. The zero-order valence-corrected chi connectivity index (χ0v) is 13.0. The summed E-state index contributed by atoms with van der Waals surface area (Å²) in [7, 11) is 0. The fourth-order valence-electron chi connectivity index (χ4n) is 2.40. The molecule has 2 aromatic rings. The molecule has 6 heteroatoms. The first kappa shape index (κ1) is 13.8. The monoisotopic (exact) mass is 343 g/mol. The normalized spacial score (nSPS) is 14.9. The van der Waals surface area contributed by atoms with Gasteiger partial charge in [0, 0.05) is 42.5 Å². The molecular formula is C15H14BrN5. The van der Waals surface area contributed by atoms with Crippen molar-refractivity contribution in [3.63, 3.8) is 0 Å². The van der Waals surface area contributed by atoms with Gasteiger partial charge < -0.3 is 9.80 Å². The van der Waals surface area contributed by atoms with Gasteiger partial charge >= 0.3 is 0 Å². The molecule has 0 aliphatic carbocycles. The first-order valence-corrected chi connectivity index (χ1v) is 7.54. The minimum atomic E-state index is 0.411. The number of hydrogen-bond donors (Lipinski definition) is 0. The Kier molecular flexibility index (Phi) is 4.02. The molecular weight excluding hydrogens is 330 g/mol. The average Bonchev–Trinajstić information content (AvgIpc) is 2.55. The molecule has 0 atom stereocenters. The molecule has 3 rings (SSSR count). The van der Waals surface area contributed by atoms with Crippen LogP contribution in [-0.4, -0.2) is 36.1 Å². The van der Waals surface area contributed by atoms with E-state index in [0.29, 0.717) is 11.6 Å². The van der Waals surface area contributed by atoms with Crippen LogP contribution in [0.1, 0.15) is 5.69 Å². The lowest BCUT2D eigenvalue weighted by atomic mass is 10.2. The van der Waals surface area contributed by atoms with Gasteiger partial charge in [0.05, 0.1) is 0 Å². The van der Waals surface area contributed by atoms with E-state index >= 15 is 0 Å². The summed E-state index contributed by atoms with van der Waals surface area (Å²) in [5.41, 5.74) is 1.63. The van der Waals surface area contributed by atoms with Crippen molar-refractivity contribution in [3.05, 3.63) is 46.7 Å². The van der Waals surface area contributed by atoms with Crippen molar-refractivity contribution in [2.24, 2.45) is 0 Å². The summed E-state index contributed by atoms with van der Waals surface area (Å²) >= 11 is 3.51. The van der Waals surface area contributed by atoms with Crippen LogP contribution in [0.5, 0.6) is 0 Å². The second-order valence-electron chi connectivity index (χ2n) is 4.81. The quantitative estimate of drug-likeness (QED) is 0.838. The zero-order chi connectivity index (χ0) is 14.7. The lowest BCUT2D eigenvalue weighted by Crippen LogP contribution is -2.47. The Morgan fingerprint density at radius 1 is 1.10 bits per heavy atom. The Morgan fingerprint density at radius 3 is 2.57 bits per heavy atom. The molecule has 0 N–H and O–H groups in total. The molecule has 5 nitrogen and oxygen atoms in total. The maximum absolute atomic E-state index is 8.91. The maximum atomic E-state index is 8.91. The van der Waals surface area contributed by atoms with E-state index in [0.717, 1.165) is 30.7 Å². The average molecular weight is 344 g/mol. The summed E-state index contributed by atoms with van der Waals surface area (Å²) in [5, 5.41) is 8.91. The van der Waals surface area contributed by atoms with Gasteiger partial charge in [-0.05, 0) is 24.3 Å². The molecule has 0 amide bonds. The van der Waals surface area contributed by atoms with Crippen LogP contribution < -0.4 is 9.80 Å². The van der Waals surface area contributed by atoms with Gasteiger partial charge in [-0.2, -0.15) is 5.26 Å². The van der Waals surface area contributed by atoms with E-state index in [1.165, 1.54) is 5.69 Å². The summed E-state index contributed by atoms with van der Waals surface area (Å²) in [4.78, 5) is 13.0. The van der Waals surface area contributed by atoms with Gasteiger partial charge in [0.1, 0.15) is 11.8 Å². The van der Waals surface area contributed by atoms with Crippen LogP contribution in [-0.2, 0) is 0 Å². The predicted molar refractivity (Wildman–Crippen MR) is 85.3 cm³/mol. The smallest absolute Gasteiger partial charge is 0.226 e. The number of piperazine rings is 1. The molecule has 0 bridgehead atoms. The lowest BCUT2D eigenvalue weighted by molar-refractivity contribution is 0.639. The number of aromatic nitrogens is 2. The summed E-state index contributed by atoms with van der Waals surface area (Å²) in [6.45, 7) is 3.52. The van der Waals surface area contributed by atoms with Crippen molar-refractivity contribution >= 4 is 27.6 Å². The third-order valence-corrected chi connectivity index (χ3v) is 3.99. The van der Waals surface area contributed by atoms with Crippen LogP contribution >= 0.6 is 15.9 Å². The van der Waals surface area contributed by atoms with Gasteiger partial charge in [0.25, 0.3) is 0 Å². The standard InChI is InChI=1S/C15H14BrN5/c16-12-2-1-3-14(10-12)20-6-8-21(9-7-20)15-18-5-4-13(11-17)19-15/h1-5,10H,6-9H2. The third-order valence-electron chi connectivity index (χ3n) is 3.49. The molecule has 0 radical (unpaired) electrons. The molecule has 0 saturated carbocycles. The Labute approximate surface area is 132 Å². The van der Waals surface area contributed by atoms with E-state index in [1.807, 2.05) is 12.1 Å². The highest BCUT2D eigenvalue weighted by Crippen LogP contribution is 2.22. The van der Waals surface area contributed by atoms with Gasteiger partial charge in [0.15, 0.2) is 0 Å². The molecule has 1 aliphatic rings. The second-order valence-corrected chi connectivity index (χ2v) is 5.72. The molecule has 106 valence electrons. The number of nitriles is 1. The van der Waals surface area contributed by atoms with Crippen molar-refractivity contribution < 1.29 is 0 Å². The molecule has 1 saturated heterocycles. The van der Waals surface area contributed by atoms with Crippen molar-refractivity contribution in [1.29, 1.82) is 5.26 Å². The Hall–Kier alpha value is -2.13. The maximum Gasteiger partial charge on any atom is 0.226 e. The van der Waals surface area contributed by atoms with Crippen LogP contribution in [0.2, 0.25) is 0 Å². The Bertz CT molecular complexity index is 674. The Balaban J connectivity index is 1.69. The van der Waals surface area contributed by atoms with Gasteiger partial charge in [0.2, 0.25) is 5.95 Å². The van der Waals surface area contributed by atoms with Crippen LogP contribution in [0.3, 0.4) is 0 Å². The largest absolute Gasteiger partial charge is 0.368 e. The van der Waals surface area contributed by atoms with Gasteiger partial charge in [-0.25, -0.2) is 9.97 Å². The van der Waals surface area contributed by atoms with Crippen molar-refractivity contribution in [2.75, 3.05) is 36.0 Å². The minimum absolute atomic E-state index is 0.411. The van der Waals surface area contributed by atoms with E-state index in [2.05, 4.69) is 53.9 Å². The van der Waals surface area contributed by atoms with Crippen molar-refractivity contribution in [1.82, 2.24) is 9.97 Å². The van der Waals surface area contributed by atoms with E-state index in [9.17, 15) is 0 Å². The summed E-state index contributed by atoms with van der Waals surface area (Å²) in [5.74, 6) is 0.642. The van der Waals surface area contributed by atoms with Gasteiger partial charge in [-0.15, -0.1) is 0 Å². The first-order chi connectivity index (χ1) is 10.3. The number of nitrogens with zero attached hydrogens (tertiary/aromatic N) is 5.